The first-order valence-electron chi connectivity index (χ1n) is 5.63. The Bertz CT molecular complexity index is 406. The molecule has 0 saturated carbocycles. The molecule has 11 nitrogen and oxygen atoms in total. The fourth-order valence-corrected chi connectivity index (χ4v) is 1.53. The molecule has 0 bridgehead atoms. The normalized spacial score (nSPS) is 10.8. The van der Waals surface area contributed by atoms with Gasteiger partial charge in [-0.15, -0.1) is 0 Å². The van der Waals surface area contributed by atoms with Gasteiger partial charge in [0.15, 0.2) is 0 Å². The average molecular weight is 380 g/mol. The average Bonchev–Trinajstić information content (AvgIpc) is 2.24. The maximum atomic E-state index is 10.6. The number of aliphatic hydroxyl groups is 1. The summed E-state index contributed by atoms with van der Waals surface area (Å²) >= 11 is 0. The molecule has 0 aromatic rings. The number of carboxylic acids is 4. The van der Waals surface area contributed by atoms with E-state index in [1.54, 1.807) is 0 Å². The smallest absolute Gasteiger partial charge is 1.00 e. The maximum Gasteiger partial charge on any atom is 1.00 e. The Hall–Kier alpha value is 0.760. The minimum absolute atomic E-state index is 0. The number of carboxylic acid groups (broad SMARTS) is 4. The number of hydrogen-bond acceptors (Lipinski definition) is 7. The van der Waals surface area contributed by atoms with E-state index in [-0.39, 0.29) is 93.0 Å². The Kier molecular flexibility index (Phi) is 23.2. The molecule has 14 heteroatoms. The number of rotatable bonds is 11. The van der Waals surface area contributed by atoms with Crippen molar-refractivity contribution in [1.29, 1.82) is 0 Å². The van der Waals surface area contributed by atoms with E-state index in [4.69, 9.17) is 20.4 Å². The van der Waals surface area contributed by atoms with Gasteiger partial charge in [-0.25, -0.2) is 0 Å². The molecular formula is C10H19N2Na3O9. The molecule has 0 aliphatic heterocycles. The Morgan fingerprint density at radius 2 is 1.00 bits per heavy atom. The van der Waals surface area contributed by atoms with Gasteiger partial charge in [-0.2, -0.15) is 0 Å². The Morgan fingerprint density at radius 3 is 1.25 bits per heavy atom. The second-order valence-corrected chi connectivity index (χ2v) is 4.13. The molecule has 24 heavy (non-hydrogen) atoms. The second kappa shape index (κ2) is 17.2. The first-order valence-corrected chi connectivity index (χ1v) is 5.63. The van der Waals surface area contributed by atoms with Gasteiger partial charge in [-0.1, -0.05) is 0 Å². The summed E-state index contributed by atoms with van der Waals surface area (Å²) in [5.41, 5.74) is 0. The summed E-state index contributed by atoms with van der Waals surface area (Å²) in [6.45, 7) is -3.50. The molecule has 0 amide bonds. The van der Waals surface area contributed by atoms with Crippen LogP contribution in [-0.4, -0.2) is 98.2 Å². The number of hydrogen-bond donors (Lipinski definition) is 5. The topological polar surface area (TPSA) is 176 Å². The van der Waals surface area contributed by atoms with Crippen LogP contribution < -0.4 is 88.7 Å². The molecule has 0 radical (unpaired) electrons. The van der Waals surface area contributed by atoms with Gasteiger partial charge in [0.1, 0.15) is 6.23 Å². The van der Waals surface area contributed by atoms with Crippen molar-refractivity contribution in [3.63, 3.8) is 0 Å². The Balaban J connectivity index is -0.000000133. The van der Waals surface area contributed by atoms with Gasteiger partial charge < -0.3 is 29.8 Å². The summed E-state index contributed by atoms with van der Waals surface area (Å²) in [5.74, 6) is -5.46. The van der Waals surface area contributed by atoms with Crippen LogP contribution in [0.4, 0.5) is 0 Å². The molecule has 0 aromatic heterocycles. The van der Waals surface area contributed by atoms with Crippen LogP contribution in [0, 0.1) is 0 Å². The molecule has 0 aromatic carbocycles. The number of aliphatic hydroxyl groups excluding tert-OH is 1. The van der Waals surface area contributed by atoms with Crippen LogP contribution in [0.15, 0.2) is 0 Å². The van der Waals surface area contributed by atoms with Crippen LogP contribution in [-0.2, 0) is 19.2 Å². The van der Waals surface area contributed by atoms with Crippen molar-refractivity contribution in [1.82, 2.24) is 9.80 Å². The van der Waals surface area contributed by atoms with E-state index < -0.39 is 62.8 Å². The molecule has 126 valence electrons. The van der Waals surface area contributed by atoms with E-state index in [1.165, 1.54) is 0 Å². The predicted molar refractivity (Wildman–Crippen MR) is 67.9 cm³/mol. The Morgan fingerprint density at radius 1 is 0.708 bits per heavy atom. The predicted octanol–water partition coefficient (Wildman–Crippen LogP) is -11.4. The van der Waals surface area contributed by atoms with Gasteiger partial charge in [0, 0.05) is 6.54 Å². The van der Waals surface area contributed by atoms with Crippen molar-refractivity contribution in [2.75, 3.05) is 32.7 Å². The minimum Gasteiger partial charge on any atom is -1.00 e. The third-order valence-electron chi connectivity index (χ3n) is 2.24. The molecule has 1 unspecified atom stereocenters. The van der Waals surface area contributed by atoms with E-state index in [0.29, 0.717) is 4.90 Å². The SMILES string of the molecule is O=C(O)CN(CC(=O)O)CC(O)N(CC(=O)O)CC(=O)O.[H-].[H-].[H-].[Na+].[Na+].[Na+]. The van der Waals surface area contributed by atoms with Crippen LogP contribution in [0.5, 0.6) is 0 Å². The van der Waals surface area contributed by atoms with Gasteiger partial charge >= 0.3 is 113 Å². The Labute approximate surface area is 208 Å². The quantitative estimate of drug-likeness (QED) is 0.170. The zero-order chi connectivity index (χ0) is 16.6. The molecule has 0 aliphatic rings. The van der Waals surface area contributed by atoms with Crippen molar-refractivity contribution in [3.8, 4) is 0 Å². The van der Waals surface area contributed by atoms with Gasteiger partial charge in [-0.3, -0.25) is 29.0 Å². The zero-order valence-corrected chi connectivity index (χ0v) is 19.9. The summed E-state index contributed by atoms with van der Waals surface area (Å²) in [4.78, 5) is 43.8. The van der Waals surface area contributed by atoms with Crippen LogP contribution in [0.25, 0.3) is 0 Å². The van der Waals surface area contributed by atoms with E-state index in [0.717, 1.165) is 4.90 Å². The number of nitrogens with zero attached hydrogens (tertiary/aromatic N) is 2. The zero-order valence-electron chi connectivity index (χ0n) is 16.9. The standard InChI is InChI=1S/C10H16N2O9.3Na.3H/c13-6(12(4-9(18)19)5-10(20)21)1-11(2-7(14)15)3-8(16)17;;;;;;/h6,13H,1-5H2,(H,14,15)(H,16,17)(H,18,19)(H,20,21);;;;;;/q;3*+1;3*-1. The molecular weight excluding hydrogens is 361 g/mol. The third-order valence-corrected chi connectivity index (χ3v) is 2.24. The molecule has 0 rings (SSSR count). The van der Waals surface area contributed by atoms with Gasteiger partial charge in [-0.05, 0) is 0 Å². The van der Waals surface area contributed by atoms with Crippen LogP contribution in [0.3, 0.4) is 0 Å². The second-order valence-electron chi connectivity index (χ2n) is 4.13. The van der Waals surface area contributed by atoms with Crippen molar-refractivity contribution in [2.45, 2.75) is 6.23 Å². The van der Waals surface area contributed by atoms with Gasteiger partial charge in [0.25, 0.3) is 0 Å². The van der Waals surface area contributed by atoms with Crippen LogP contribution in [0.2, 0.25) is 0 Å². The summed E-state index contributed by atoms with van der Waals surface area (Å²) < 4.78 is 0. The molecule has 0 fully saturated rings. The largest absolute Gasteiger partial charge is 1.00 e. The summed E-state index contributed by atoms with van der Waals surface area (Å²) in [6.07, 6.45) is -1.64. The molecule has 1 atom stereocenters. The molecule has 5 N–H and O–H groups in total. The third kappa shape index (κ3) is 17.6. The van der Waals surface area contributed by atoms with Crippen molar-refractivity contribution < 1.29 is 138 Å². The molecule has 0 spiro atoms. The molecule has 0 aliphatic carbocycles. The van der Waals surface area contributed by atoms with Gasteiger partial charge in [0.2, 0.25) is 0 Å². The van der Waals surface area contributed by atoms with Gasteiger partial charge in [0.05, 0.1) is 26.2 Å². The first kappa shape index (κ1) is 32.4. The summed E-state index contributed by atoms with van der Waals surface area (Å²) in [6, 6.07) is 0. The van der Waals surface area contributed by atoms with Crippen LogP contribution in [0.1, 0.15) is 4.28 Å². The van der Waals surface area contributed by atoms with E-state index in [9.17, 15) is 24.3 Å². The van der Waals surface area contributed by atoms with E-state index in [1.807, 2.05) is 0 Å². The fraction of sp³-hybridized carbons (Fsp3) is 0.600. The number of carbonyl (C=O) groups is 4. The molecule has 0 heterocycles. The van der Waals surface area contributed by atoms with E-state index in [2.05, 4.69) is 0 Å². The number of aliphatic carboxylic acids is 4. The fourth-order valence-electron chi connectivity index (χ4n) is 1.53. The monoisotopic (exact) mass is 380 g/mol. The maximum absolute atomic E-state index is 10.6. The van der Waals surface area contributed by atoms with Crippen molar-refractivity contribution >= 4 is 23.9 Å². The van der Waals surface area contributed by atoms with E-state index >= 15 is 0 Å². The summed E-state index contributed by atoms with van der Waals surface area (Å²) in [7, 11) is 0. The first-order chi connectivity index (χ1) is 9.61. The molecule has 0 saturated heterocycles. The van der Waals surface area contributed by atoms with Crippen LogP contribution >= 0.6 is 0 Å². The van der Waals surface area contributed by atoms with Crippen molar-refractivity contribution in [2.24, 2.45) is 0 Å². The van der Waals surface area contributed by atoms with Crippen molar-refractivity contribution in [3.05, 3.63) is 0 Å². The minimum atomic E-state index is -1.64. The summed E-state index contributed by atoms with van der Waals surface area (Å²) in [5, 5.41) is 44.3.